The van der Waals surface area contributed by atoms with Crippen molar-refractivity contribution in [2.45, 2.75) is 69.3 Å². The Morgan fingerprint density at radius 1 is 1.23 bits per heavy atom. The molecule has 44 heavy (non-hydrogen) atoms. The lowest BCUT2D eigenvalue weighted by molar-refractivity contribution is -0.128. The molecule has 12 heteroatoms. The lowest BCUT2D eigenvalue weighted by Gasteiger charge is -2.55. The van der Waals surface area contributed by atoms with Gasteiger partial charge in [-0.3, -0.25) is 14.7 Å². The van der Waals surface area contributed by atoms with E-state index in [-0.39, 0.29) is 36.3 Å². The first-order valence-corrected chi connectivity index (χ1v) is 15.5. The molecule has 2 N–H and O–H groups in total. The lowest BCUT2D eigenvalue weighted by atomic mass is 9.79. The van der Waals surface area contributed by atoms with Crippen LogP contribution in [0.2, 0.25) is 0 Å². The van der Waals surface area contributed by atoms with E-state index in [1.165, 1.54) is 12.3 Å². The van der Waals surface area contributed by atoms with E-state index in [1.807, 2.05) is 30.9 Å². The number of piperazine rings is 1. The standard InChI is InChI=1S/C32H42F3N7O2/c1-4-28(43)40-12-10-39(11-13-40)26-18-42-24(26)7-5-6-23-25(42)14-27(38-29(23)31(34)35)41-9-8-32(15-21(41)3)30(20(2)17-36)37-22(16-33)19-44-32/h4-6,14,17,21-22,24,26,31H,1,7-13,15-16,18-19,36H2,2-3H3/b20-17-/t21-,22-,24+,26-,32-/m1/s1. The van der Waals surface area contributed by atoms with Gasteiger partial charge in [0.2, 0.25) is 5.91 Å². The molecular weight excluding hydrogens is 571 g/mol. The molecule has 5 aliphatic heterocycles. The van der Waals surface area contributed by atoms with Crippen LogP contribution in [0.25, 0.3) is 6.08 Å². The van der Waals surface area contributed by atoms with E-state index in [4.69, 9.17) is 10.5 Å². The van der Waals surface area contributed by atoms with Crippen LogP contribution in [-0.2, 0) is 9.53 Å². The van der Waals surface area contributed by atoms with Gasteiger partial charge in [-0.1, -0.05) is 18.7 Å². The number of ether oxygens (including phenoxy) is 1. The number of piperidine rings is 1. The maximum Gasteiger partial charge on any atom is 0.281 e. The molecule has 3 saturated heterocycles. The van der Waals surface area contributed by atoms with Gasteiger partial charge in [0.25, 0.3) is 6.43 Å². The smallest absolute Gasteiger partial charge is 0.281 e. The van der Waals surface area contributed by atoms with Crippen molar-refractivity contribution in [1.29, 1.82) is 0 Å². The van der Waals surface area contributed by atoms with Gasteiger partial charge in [-0.2, -0.15) is 0 Å². The van der Waals surface area contributed by atoms with E-state index in [1.54, 1.807) is 6.08 Å². The summed E-state index contributed by atoms with van der Waals surface area (Å²) in [5.41, 5.74) is 7.64. The van der Waals surface area contributed by atoms with Crippen LogP contribution in [0.15, 0.2) is 41.6 Å². The predicted molar refractivity (Wildman–Crippen MR) is 166 cm³/mol. The number of halogens is 3. The van der Waals surface area contributed by atoms with Gasteiger partial charge in [0.05, 0.1) is 18.0 Å². The number of fused-ring (bicyclic) bond motifs is 3. The van der Waals surface area contributed by atoms with E-state index in [9.17, 15) is 18.0 Å². The minimum Gasteiger partial charge on any atom is -0.404 e. The van der Waals surface area contributed by atoms with Gasteiger partial charge in [-0.05, 0) is 44.5 Å². The molecule has 0 bridgehead atoms. The number of carbonyl (C=O) groups excluding carboxylic acids is 1. The topological polar surface area (TPSA) is 90.5 Å². The summed E-state index contributed by atoms with van der Waals surface area (Å²) in [5, 5.41) is 0. The number of rotatable bonds is 6. The Morgan fingerprint density at radius 3 is 2.66 bits per heavy atom. The molecule has 6 heterocycles. The number of aliphatic imine (C=N–C) groups is 1. The fourth-order valence-corrected chi connectivity index (χ4v) is 7.62. The molecule has 0 aromatic carbocycles. The zero-order valence-electron chi connectivity index (χ0n) is 25.5. The largest absolute Gasteiger partial charge is 0.404 e. The van der Waals surface area contributed by atoms with E-state index in [0.717, 1.165) is 37.3 Å². The molecule has 1 spiro atoms. The maximum absolute atomic E-state index is 14.5. The lowest BCUT2D eigenvalue weighted by Crippen LogP contribution is -2.69. The highest BCUT2D eigenvalue weighted by Crippen LogP contribution is 2.44. The normalized spacial score (nSPS) is 30.9. The average molecular weight is 614 g/mol. The van der Waals surface area contributed by atoms with Gasteiger partial charge < -0.3 is 25.2 Å². The van der Waals surface area contributed by atoms with Crippen molar-refractivity contribution in [3.8, 4) is 0 Å². The van der Waals surface area contributed by atoms with Crippen molar-refractivity contribution >= 4 is 29.2 Å². The Morgan fingerprint density at radius 2 is 2.00 bits per heavy atom. The zero-order chi connectivity index (χ0) is 31.2. The van der Waals surface area contributed by atoms with Crippen LogP contribution in [0, 0.1) is 0 Å². The first-order chi connectivity index (χ1) is 21.2. The predicted octanol–water partition coefficient (Wildman–Crippen LogP) is 3.72. The third-order valence-electron chi connectivity index (χ3n) is 10.0. The zero-order valence-corrected chi connectivity index (χ0v) is 25.5. The van der Waals surface area contributed by atoms with E-state index < -0.39 is 24.7 Å². The van der Waals surface area contributed by atoms with Gasteiger partial charge in [-0.15, -0.1) is 0 Å². The number of carbonyl (C=O) groups is 1. The number of alkyl halides is 3. The van der Waals surface area contributed by atoms with Gasteiger partial charge in [0.15, 0.2) is 0 Å². The minimum atomic E-state index is -2.72. The summed E-state index contributed by atoms with van der Waals surface area (Å²) in [7, 11) is 0. The number of amides is 1. The Balaban J connectivity index is 1.24. The van der Waals surface area contributed by atoms with Crippen molar-refractivity contribution in [2.75, 3.05) is 62.3 Å². The van der Waals surface area contributed by atoms with Crippen LogP contribution in [0.5, 0.6) is 0 Å². The Kier molecular flexibility index (Phi) is 8.49. The van der Waals surface area contributed by atoms with Crippen LogP contribution in [0.3, 0.4) is 0 Å². The molecule has 0 unspecified atom stereocenters. The molecule has 1 amide bonds. The van der Waals surface area contributed by atoms with Crippen molar-refractivity contribution in [3.05, 3.63) is 47.8 Å². The highest BCUT2D eigenvalue weighted by molar-refractivity contribution is 6.06. The fourth-order valence-electron chi connectivity index (χ4n) is 7.62. The highest BCUT2D eigenvalue weighted by atomic mass is 19.3. The molecule has 0 radical (unpaired) electrons. The molecule has 0 saturated carbocycles. The van der Waals surface area contributed by atoms with E-state index in [2.05, 4.69) is 31.3 Å². The summed E-state index contributed by atoms with van der Waals surface area (Å²) >= 11 is 0. The summed E-state index contributed by atoms with van der Waals surface area (Å²) in [5.74, 6) is 0.481. The SMILES string of the molecule is C=CC(=O)N1CCN([C@@H]2CN3c4cc(N5CC[C@]6(C[C@H]5C)OC[C@@H](CF)N=C6/C(C)=C\N)nc(C(F)F)c4C=CC[C@@H]23)CC1. The van der Waals surface area contributed by atoms with Gasteiger partial charge in [0, 0.05) is 75.4 Å². The fraction of sp³-hybridized carbons (Fsp3) is 0.594. The van der Waals surface area contributed by atoms with Crippen molar-refractivity contribution in [2.24, 2.45) is 10.7 Å². The summed E-state index contributed by atoms with van der Waals surface area (Å²) in [6, 6.07) is 1.74. The third-order valence-corrected chi connectivity index (χ3v) is 10.0. The molecule has 0 aliphatic carbocycles. The Bertz CT molecular complexity index is 1380. The van der Waals surface area contributed by atoms with E-state index >= 15 is 0 Å². The van der Waals surface area contributed by atoms with Crippen molar-refractivity contribution in [1.82, 2.24) is 14.8 Å². The monoisotopic (exact) mass is 613 g/mol. The molecule has 3 fully saturated rings. The van der Waals surface area contributed by atoms with Crippen LogP contribution < -0.4 is 15.5 Å². The molecule has 6 rings (SSSR count). The van der Waals surface area contributed by atoms with Crippen LogP contribution in [0.1, 0.15) is 50.8 Å². The number of hydrogen-bond acceptors (Lipinski definition) is 8. The molecular formula is C32H42F3N7O2. The average Bonchev–Trinajstić information content (AvgIpc) is 3.16. The number of aromatic nitrogens is 1. The number of nitrogens with two attached hydrogens (primary N) is 1. The summed E-state index contributed by atoms with van der Waals surface area (Å²) in [6.07, 6.45) is 5.77. The second-order valence-corrected chi connectivity index (χ2v) is 12.5. The molecule has 238 valence electrons. The molecule has 1 aromatic heterocycles. The quantitative estimate of drug-likeness (QED) is 0.490. The van der Waals surface area contributed by atoms with Gasteiger partial charge in [-0.25, -0.2) is 18.2 Å². The summed E-state index contributed by atoms with van der Waals surface area (Å²) in [4.78, 5) is 29.8. The second kappa shape index (κ2) is 12.2. The Labute approximate surface area is 256 Å². The summed E-state index contributed by atoms with van der Waals surface area (Å²) in [6.45, 7) is 11.2. The van der Waals surface area contributed by atoms with Crippen LogP contribution in [-0.4, -0.2) is 109 Å². The molecule has 1 aromatic rings. The van der Waals surface area contributed by atoms with Crippen molar-refractivity contribution < 1.29 is 22.7 Å². The Hall–Kier alpha value is -3.38. The highest BCUT2D eigenvalue weighted by Gasteiger charge is 2.48. The van der Waals surface area contributed by atoms with Crippen LogP contribution in [0.4, 0.5) is 24.7 Å². The first-order valence-electron chi connectivity index (χ1n) is 15.5. The van der Waals surface area contributed by atoms with E-state index in [0.29, 0.717) is 49.6 Å². The third kappa shape index (κ3) is 5.29. The first kappa shape index (κ1) is 30.6. The molecule has 9 nitrogen and oxygen atoms in total. The number of hydrogen-bond donors (Lipinski definition) is 1. The minimum absolute atomic E-state index is 0.0443. The second-order valence-electron chi connectivity index (χ2n) is 12.5. The molecule has 5 atom stereocenters. The number of anilines is 2. The summed E-state index contributed by atoms with van der Waals surface area (Å²) < 4.78 is 48.9. The maximum atomic E-state index is 14.5. The van der Waals surface area contributed by atoms with Crippen molar-refractivity contribution in [3.63, 3.8) is 0 Å². The van der Waals surface area contributed by atoms with Gasteiger partial charge in [0.1, 0.15) is 29.8 Å². The number of nitrogens with zero attached hydrogens (tertiary/aromatic N) is 6. The van der Waals surface area contributed by atoms with Gasteiger partial charge >= 0.3 is 0 Å². The number of pyridine rings is 1. The molecule has 5 aliphatic rings. The van der Waals surface area contributed by atoms with Crippen LogP contribution >= 0.6 is 0 Å².